The maximum atomic E-state index is 12.2. The number of carbonyl (C=O) groups is 3. The third-order valence-electron chi connectivity index (χ3n) is 4.05. The van der Waals surface area contributed by atoms with Crippen LogP contribution in [0.15, 0.2) is 0 Å². The van der Waals surface area contributed by atoms with Crippen molar-refractivity contribution in [2.24, 2.45) is 11.7 Å². The van der Waals surface area contributed by atoms with Gasteiger partial charge in [-0.2, -0.15) is 0 Å². The van der Waals surface area contributed by atoms with Crippen LogP contribution in [0.4, 0.5) is 4.79 Å². The zero-order valence-electron chi connectivity index (χ0n) is 13.5. The first kappa shape index (κ1) is 16.6. The number of carbonyl (C=O) groups excluding carboxylic acids is 3. The Bertz CT molecular complexity index is 472. The van der Waals surface area contributed by atoms with Gasteiger partial charge in [-0.1, -0.05) is 0 Å². The van der Waals surface area contributed by atoms with Crippen LogP contribution < -0.4 is 5.73 Å². The molecule has 2 rings (SSSR count). The number of nitrogens with zero attached hydrogens (tertiary/aromatic N) is 2. The molecule has 2 aliphatic heterocycles. The van der Waals surface area contributed by atoms with Crippen LogP contribution in [0.2, 0.25) is 0 Å². The Labute approximate surface area is 130 Å². The Morgan fingerprint density at radius 3 is 2.50 bits per heavy atom. The number of amides is 3. The second-order valence-corrected chi connectivity index (χ2v) is 7.07. The van der Waals surface area contributed by atoms with Crippen LogP contribution in [-0.2, 0) is 14.3 Å². The van der Waals surface area contributed by atoms with E-state index in [-0.39, 0.29) is 24.5 Å². The van der Waals surface area contributed by atoms with Crippen molar-refractivity contribution in [3.05, 3.63) is 0 Å². The second kappa shape index (κ2) is 6.14. The van der Waals surface area contributed by atoms with Crippen LogP contribution in [0.3, 0.4) is 0 Å². The molecule has 0 aromatic carbocycles. The molecular weight excluding hydrogens is 286 g/mol. The van der Waals surface area contributed by atoms with E-state index in [0.29, 0.717) is 19.6 Å². The third-order valence-corrected chi connectivity index (χ3v) is 4.05. The first-order chi connectivity index (χ1) is 10.2. The van der Waals surface area contributed by atoms with E-state index < -0.39 is 17.4 Å². The molecule has 0 spiro atoms. The quantitative estimate of drug-likeness (QED) is 0.813. The molecule has 1 unspecified atom stereocenters. The molecular formula is C15H25N3O4. The summed E-state index contributed by atoms with van der Waals surface area (Å²) in [7, 11) is 0. The van der Waals surface area contributed by atoms with Gasteiger partial charge < -0.3 is 20.3 Å². The lowest BCUT2D eigenvalue weighted by atomic mass is 10.0. The summed E-state index contributed by atoms with van der Waals surface area (Å²) in [6.07, 6.45) is 1.47. The number of piperidine rings is 1. The van der Waals surface area contributed by atoms with Gasteiger partial charge in [0.1, 0.15) is 5.60 Å². The number of ether oxygens (including phenoxy) is 1. The Morgan fingerprint density at radius 2 is 1.95 bits per heavy atom. The highest BCUT2D eigenvalue weighted by atomic mass is 16.6. The van der Waals surface area contributed by atoms with E-state index in [2.05, 4.69) is 0 Å². The van der Waals surface area contributed by atoms with Crippen LogP contribution in [0.5, 0.6) is 0 Å². The highest BCUT2D eigenvalue weighted by Crippen LogP contribution is 2.25. The summed E-state index contributed by atoms with van der Waals surface area (Å²) in [6.45, 7) is 6.93. The zero-order chi connectivity index (χ0) is 16.5. The summed E-state index contributed by atoms with van der Waals surface area (Å²) in [5.41, 5.74) is 4.76. The fourth-order valence-corrected chi connectivity index (χ4v) is 2.98. The topological polar surface area (TPSA) is 92.9 Å². The first-order valence-electron chi connectivity index (χ1n) is 7.74. The van der Waals surface area contributed by atoms with Crippen molar-refractivity contribution in [1.82, 2.24) is 9.80 Å². The van der Waals surface area contributed by atoms with Gasteiger partial charge in [0.05, 0.1) is 5.92 Å². The van der Waals surface area contributed by atoms with Crippen molar-refractivity contribution in [2.75, 3.05) is 19.6 Å². The van der Waals surface area contributed by atoms with Crippen molar-refractivity contribution in [2.45, 2.75) is 51.7 Å². The molecule has 0 bridgehead atoms. The summed E-state index contributed by atoms with van der Waals surface area (Å²) in [5.74, 6) is -0.903. The number of hydrogen-bond acceptors (Lipinski definition) is 4. The van der Waals surface area contributed by atoms with E-state index in [9.17, 15) is 14.4 Å². The predicted molar refractivity (Wildman–Crippen MR) is 79.8 cm³/mol. The van der Waals surface area contributed by atoms with Crippen molar-refractivity contribution in [1.29, 1.82) is 0 Å². The largest absolute Gasteiger partial charge is 0.444 e. The molecule has 0 radical (unpaired) electrons. The lowest BCUT2D eigenvalue weighted by Gasteiger charge is -2.38. The molecule has 3 amide bonds. The van der Waals surface area contributed by atoms with Gasteiger partial charge in [-0.15, -0.1) is 0 Å². The van der Waals surface area contributed by atoms with E-state index >= 15 is 0 Å². The molecule has 2 heterocycles. The summed E-state index contributed by atoms with van der Waals surface area (Å²) in [5, 5.41) is 0. The third kappa shape index (κ3) is 3.90. The first-order valence-corrected chi connectivity index (χ1v) is 7.74. The van der Waals surface area contributed by atoms with E-state index in [1.807, 2.05) is 20.8 Å². The van der Waals surface area contributed by atoms with Gasteiger partial charge in [0.15, 0.2) is 0 Å². The van der Waals surface area contributed by atoms with Crippen LogP contribution >= 0.6 is 0 Å². The standard InChI is InChI=1S/C15H25N3O4/c1-15(2,3)22-14(21)17-6-4-5-11(9-17)18-8-10(13(16)20)7-12(18)19/h10-11H,4-9H2,1-3H3,(H2,16,20)/t10?,11-/m1/s1. The Balaban J connectivity index is 1.97. The van der Waals surface area contributed by atoms with E-state index in [1.54, 1.807) is 9.80 Å². The maximum Gasteiger partial charge on any atom is 0.410 e. The number of nitrogens with two attached hydrogens (primary N) is 1. The number of primary amides is 1. The highest BCUT2D eigenvalue weighted by molar-refractivity contribution is 5.88. The monoisotopic (exact) mass is 311 g/mol. The van der Waals surface area contributed by atoms with Gasteiger partial charge in [0.25, 0.3) is 0 Å². The summed E-state index contributed by atoms with van der Waals surface area (Å²) < 4.78 is 5.38. The second-order valence-electron chi connectivity index (χ2n) is 7.07. The molecule has 7 nitrogen and oxygen atoms in total. The number of hydrogen-bond donors (Lipinski definition) is 1. The van der Waals surface area contributed by atoms with E-state index in [1.165, 1.54) is 0 Å². The minimum absolute atomic E-state index is 0.0557. The molecule has 2 saturated heterocycles. The van der Waals surface area contributed by atoms with E-state index in [0.717, 1.165) is 12.8 Å². The minimum atomic E-state index is -0.537. The van der Waals surface area contributed by atoms with E-state index in [4.69, 9.17) is 10.5 Å². The molecule has 22 heavy (non-hydrogen) atoms. The van der Waals surface area contributed by atoms with Crippen LogP contribution in [0, 0.1) is 5.92 Å². The summed E-state index contributed by atoms with van der Waals surface area (Å²) in [6, 6.07) is -0.0573. The van der Waals surface area contributed by atoms with Gasteiger partial charge in [-0.3, -0.25) is 9.59 Å². The number of rotatable bonds is 2. The Morgan fingerprint density at radius 1 is 1.27 bits per heavy atom. The maximum absolute atomic E-state index is 12.2. The van der Waals surface area contributed by atoms with Crippen LogP contribution in [-0.4, -0.2) is 59.0 Å². The molecule has 2 aliphatic rings. The Kier molecular flexibility index (Phi) is 4.63. The smallest absolute Gasteiger partial charge is 0.410 e. The molecule has 0 aromatic heterocycles. The molecule has 2 N–H and O–H groups in total. The summed E-state index contributed by atoms with van der Waals surface area (Å²) >= 11 is 0. The molecule has 0 saturated carbocycles. The molecule has 2 atom stereocenters. The lowest BCUT2D eigenvalue weighted by molar-refractivity contribution is -0.131. The molecule has 0 aromatic rings. The van der Waals surface area contributed by atoms with Crippen LogP contribution in [0.25, 0.3) is 0 Å². The normalized spacial score (nSPS) is 26.2. The fourth-order valence-electron chi connectivity index (χ4n) is 2.98. The average Bonchev–Trinajstić information content (AvgIpc) is 2.79. The molecule has 0 aliphatic carbocycles. The summed E-state index contributed by atoms with van der Waals surface area (Å²) in [4.78, 5) is 38.8. The van der Waals surface area contributed by atoms with Crippen molar-refractivity contribution in [3.8, 4) is 0 Å². The van der Waals surface area contributed by atoms with Gasteiger partial charge in [-0.25, -0.2) is 4.79 Å². The minimum Gasteiger partial charge on any atom is -0.444 e. The number of likely N-dealkylation sites (tertiary alicyclic amines) is 2. The molecule has 124 valence electrons. The zero-order valence-corrected chi connectivity index (χ0v) is 13.5. The van der Waals surface area contributed by atoms with Crippen molar-refractivity contribution < 1.29 is 19.1 Å². The van der Waals surface area contributed by atoms with Crippen molar-refractivity contribution in [3.63, 3.8) is 0 Å². The van der Waals surface area contributed by atoms with Gasteiger partial charge >= 0.3 is 6.09 Å². The Hall–Kier alpha value is -1.79. The molecule has 7 heteroatoms. The lowest BCUT2D eigenvalue weighted by Crippen LogP contribution is -2.51. The fraction of sp³-hybridized carbons (Fsp3) is 0.800. The molecule has 2 fully saturated rings. The average molecular weight is 311 g/mol. The van der Waals surface area contributed by atoms with Crippen LogP contribution in [0.1, 0.15) is 40.0 Å². The van der Waals surface area contributed by atoms with Gasteiger partial charge in [-0.05, 0) is 33.6 Å². The SMILES string of the molecule is CC(C)(C)OC(=O)N1CCC[C@@H](N2CC(C(N)=O)CC2=O)C1. The highest BCUT2D eigenvalue weighted by Gasteiger charge is 2.39. The predicted octanol–water partition coefficient (Wildman–Crippen LogP) is 0.720. The van der Waals surface area contributed by atoms with Gasteiger partial charge in [0.2, 0.25) is 11.8 Å². The van der Waals surface area contributed by atoms with Crippen molar-refractivity contribution >= 4 is 17.9 Å². The van der Waals surface area contributed by atoms with Gasteiger partial charge in [0, 0.05) is 32.1 Å².